The number of hydrogen-bond acceptors (Lipinski definition) is 3. The van der Waals surface area contributed by atoms with E-state index in [4.69, 9.17) is 0 Å². The highest BCUT2D eigenvalue weighted by Crippen LogP contribution is 2.15. The van der Waals surface area contributed by atoms with Crippen molar-refractivity contribution in [1.82, 2.24) is 5.32 Å². The predicted molar refractivity (Wildman–Crippen MR) is 77.5 cm³/mol. The van der Waals surface area contributed by atoms with E-state index < -0.39 is 12.0 Å². The van der Waals surface area contributed by atoms with Crippen LogP contribution in [0.4, 0.5) is 0 Å². The van der Waals surface area contributed by atoms with E-state index in [1.807, 2.05) is 42.6 Å². The molecule has 0 fully saturated rings. The molecule has 2 rings (SSSR count). The smallest absolute Gasteiger partial charge is 0.321 e. The Morgan fingerprint density at radius 2 is 2.05 bits per heavy atom. The summed E-state index contributed by atoms with van der Waals surface area (Å²) in [6, 6.07) is 11.2. The molecule has 0 saturated carbocycles. The van der Waals surface area contributed by atoms with Crippen molar-refractivity contribution in [1.29, 1.82) is 0 Å². The quantitative estimate of drug-likeness (QED) is 0.852. The maximum Gasteiger partial charge on any atom is 0.321 e. The highest BCUT2D eigenvalue weighted by atomic mass is 32.1. The normalized spacial score (nSPS) is 12.3. The summed E-state index contributed by atoms with van der Waals surface area (Å²) in [4.78, 5) is 12.5. The van der Waals surface area contributed by atoms with Gasteiger partial charge in [0, 0.05) is 11.4 Å². The summed E-state index contributed by atoms with van der Waals surface area (Å²) in [5.41, 5.74) is 2.24. The average Bonchev–Trinajstić information content (AvgIpc) is 2.81. The molecule has 0 aliphatic heterocycles. The Kier molecular flexibility index (Phi) is 4.71. The number of carboxylic acids is 1. The van der Waals surface area contributed by atoms with Gasteiger partial charge in [0.05, 0.1) is 0 Å². The van der Waals surface area contributed by atoms with Crippen molar-refractivity contribution in [3.8, 4) is 0 Å². The van der Waals surface area contributed by atoms with Crippen molar-refractivity contribution < 1.29 is 9.90 Å². The highest BCUT2D eigenvalue weighted by Gasteiger charge is 2.17. The molecule has 3 nitrogen and oxygen atoms in total. The summed E-state index contributed by atoms with van der Waals surface area (Å²) >= 11 is 1.65. The van der Waals surface area contributed by atoms with Crippen molar-refractivity contribution in [3.63, 3.8) is 0 Å². The van der Waals surface area contributed by atoms with Gasteiger partial charge in [0.25, 0.3) is 0 Å². The minimum absolute atomic E-state index is 0.501. The van der Waals surface area contributed by atoms with Gasteiger partial charge in [-0.2, -0.15) is 0 Å². The Labute approximate surface area is 116 Å². The monoisotopic (exact) mass is 275 g/mol. The fraction of sp³-hybridized carbons (Fsp3) is 0.267. The summed E-state index contributed by atoms with van der Waals surface area (Å²) in [7, 11) is 0. The lowest BCUT2D eigenvalue weighted by atomic mass is 10.1. The van der Waals surface area contributed by atoms with Crippen LogP contribution < -0.4 is 5.32 Å². The van der Waals surface area contributed by atoms with E-state index in [0.29, 0.717) is 13.0 Å². The molecule has 4 heteroatoms. The summed E-state index contributed by atoms with van der Waals surface area (Å²) in [5, 5.41) is 14.4. The lowest BCUT2D eigenvalue weighted by Crippen LogP contribution is -2.38. The SMILES string of the molecule is Cc1ccsc1CN[C@@H](Cc1ccccc1)C(=O)O. The first-order valence-corrected chi connectivity index (χ1v) is 7.08. The molecule has 1 aromatic heterocycles. The second-order valence-corrected chi connectivity index (χ2v) is 5.49. The number of carboxylic acid groups (broad SMARTS) is 1. The number of nitrogens with one attached hydrogen (secondary N) is 1. The Bertz CT molecular complexity index is 536. The molecular formula is C15H17NO2S. The van der Waals surface area contributed by atoms with Crippen LogP contribution in [0.15, 0.2) is 41.8 Å². The van der Waals surface area contributed by atoms with Crippen LogP contribution in [0.25, 0.3) is 0 Å². The first kappa shape index (κ1) is 13.8. The number of carbonyl (C=O) groups is 1. The van der Waals surface area contributed by atoms with Crippen LogP contribution in [0.2, 0.25) is 0 Å². The molecule has 2 N–H and O–H groups in total. The second-order valence-electron chi connectivity index (χ2n) is 4.49. The minimum atomic E-state index is -0.807. The van der Waals surface area contributed by atoms with Crippen molar-refractivity contribution in [2.45, 2.75) is 25.9 Å². The van der Waals surface area contributed by atoms with E-state index in [1.165, 1.54) is 10.4 Å². The van der Waals surface area contributed by atoms with Gasteiger partial charge in [0.15, 0.2) is 0 Å². The lowest BCUT2D eigenvalue weighted by Gasteiger charge is -2.14. The van der Waals surface area contributed by atoms with Crippen LogP contribution in [-0.2, 0) is 17.8 Å². The van der Waals surface area contributed by atoms with Gasteiger partial charge in [-0.05, 0) is 35.9 Å². The Morgan fingerprint density at radius 1 is 1.32 bits per heavy atom. The number of thiophene rings is 1. The highest BCUT2D eigenvalue weighted by molar-refractivity contribution is 7.10. The Morgan fingerprint density at radius 3 is 2.63 bits per heavy atom. The van der Waals surface area contributed by atoms with E-state index in [-0.39, 0.29) is 0 Å². The van der Waals surface area contributed by atoms with Gasteiger partial charge in [-0.15, -0.1) is 11.3 Å². The van der Waals surface area contributed by atoms with E-state index in [0.717, 1.165) is 5.56 Å². The number of benzene rings is 1. The number of aliphatic carboxylic acids is 1. The maximum absolute atomic E-state index is 11.3. The Balaban J connectivity index is 1.97. The molecule has 1 aromatic carbocycles. The largest absolute Gasteiger partial charge is 0.480 e. The molecule has 100 valence electrons. The molecule has 0 radical (unpaired) electrons. The van der Waals surface area contributed by atoms with Crippen LogP contribution >= 0.6 is 11.3 Å². The van der Waals surface area contributed by atoms with Gasteiger partial charge in [0.2, 0.25) is 0 Å². The third-order valence-corrected chi connectivity index (χ3v) is 4.08. The van der Waals surface area contributed by atoms with Crippen molar-refractivity contribution in [2.75, 3.05) is 0 Å². The Hall–Kier alpha value is -1.65. The standard InChI is InChI=1S/C15H17NO2S/c1-11-7-8-19-14(11)10-16-13(15(17)18)9-12-5-3-2-4-6-12/h2-8,13,16H,9-10H2,1H3,(H,17,18)/t13-/m0/s1. The first-order valence-electron chi connectivity index (χ1n) is 6.20. The van der Waals surface area contributed by atoms with Crippen molar-refractivity contribution in [3.05, 3.63) is 57.8 Å². The molecule has 1 atom stereocenters. The molecule has 0 aliphatic rings. The molecule has 0 bridgehead atoms. The third kappa shape index (κ3) is 3.91. The van der Waals surface area contributed by atoms with Crippen LogP contribution in [0.1, 0.15) is 16.0 Å². The average molecular weight is 275 g/mol. The predicted octanol–water partition coefficient (Wildman–Crippen LogP) is 2.84. The van der Waals surface area contributed by atoms with E-state index in [2.05, 4.69) is 11.4 Å². The molecule has 0 unspecified atom stereocenters. The van der Waals surface area contributed by atoms with Crippen LogP contribution in [0, 0.1) is 6.92 Å². The first-order chi connectivity index (χ1) is 9.16. The molecule has 0 saturated heterocycles. The zero-order valence-electron chi connectivity index (χ0n) is 10.8. The maximum atomic E-state index is 11.3. The van der Waals surface area contributed by atoms with E-state index in [9.17, 15) is 9.90 Å². The molecule has 0 aliphatic carbocycles. The molecule has 0 spiro atoms. The van der Waals surface area contributed by atoms with Crippen LogP contribution in [-0.4, -0.2) is 17.1 Å². The van der Waals surface area contributed by atoms with Gasteiger partial charge in [0.1, 0.15) is 6.04 Å². The van der Waals surface area contributed by atoms with Crippen LogP contribution in [0.3, 0.4) is 0 Å². The van der Waals surface area contributed by atoms with E-state index in [1.54, 1.807) is 11.3 Å². The zero-order valence-corrected chi connectivity index (χ0v) is 11.6. The lowest BCUT2D eigenvalue weighted by molar-refractivity contribution is -0.139. The summed E-state index contributed by atoms with van der Waals surface area (Å²) in [6.45, 7) is 2.65. The molecule has 2 aromatic rings. The van der Waals surface area contributed by atoms with E-state index >= 15 is 0 Å². The number of aryl methyl sites for hydroxylation is 1. The fourth-order valence-corrected chi connectivity index (χ4v) is 2.75. The molecule has 19 heavy (non-hydrogen) atoms. The van der Waals surface area contributed by atoms with Crippen molar-refractivity contribution >= 4 is 17.3 Å². The van der Waals surface area contributed by atoms with Gasteiger partial charge in [-0.25, -0.2) is 0 Å². The van der Waals surface area contributed by atoms with Gasteiger partial charge in [-0.1, -0.05) is 30.3 Å². The topological polar surface area (TPSA) is 49.3 Å². The molecule has 1 heterocycles. The second kappa shape index (κ2) is 6.50. The third-order valence-electron chi connectivity index (χ3n) is 3.06. The number of rotatable bonds is 6. The molecular weight excluding hydrogens is 258 g/mol. The summed E-state index contributed by atoms with van der Waals surface area (Å²) < 4.78 is 0. The van der Waals surface area contributed by atoms with Gasteiger partial charge in [-0.3, -0.25) is 10.1 Å². The van der Waals surface area contributed by atoms with Gasteiger partial charge >= 0.3 is 5.97 Å². The number of hydrogen-bond donors (Lipinski definition) is 2. The van der Waals surface area contributed by atoms with Crippen LogP contribution in [0.5, 0.6) is 0 Å². The van der Waals surface area contributed by atoms with Crippen molar-refractivity contribution in [2.24, 2.45) is 0 Å². The zero-order chi connectivity index (χ0) is 13.7. The molecule has 0 amide bonds. The minimum Gasteiger partial charge on any atom is -0.480 e. The van der Waals surface area contributed by atoms with Gasteiger partial charge < -0.3 is 5.11 Å². The summed E-state index contributed by atoms with van der Waals surface area (Å²) in [5.74, 6) is -0.807. The summed E-state index contributed by atoms with van der Waals surface area (Å²) in [6.07, 6.45) is 0.501. The fourth-order valence-electron chi connectivity index (χ4n) is 1.90.